The minimum Gasteiger partial charge on any atom is -0.487 e. The molecule has 0 unspecified atom stereocenters. The summed E-state index contributed by atoms with van der Waals surface area (Å²) in [5, 5.41) is 4.50. The van der Waals surface area contributed by atoms with Gasteiger partial charge in [0.15, 0.2) is 11.5 Å². The van der Waals surface area contributed by atoms with Gasteiger partial charge in [0.05, 0.1) is 39.6 Å². The van der Waals surface area contributed by atoms with Gasteiger partial charge in [-0.05, 0) is 21.5 Å². The van der Waals surface area contributed by atoms with Crippen molar-refractivity contribution in [1.29, 1.82) is 0 Å². The van der Waals surface area contributed by atoms with E-state index in [0.29, 0.717) is 64.4 Å². The van der Waals surface area contributed by atoms with Crippen molar-refractivity contribution in [3.8, 4) is 0 Å². The molecule has 0 aliphatic carbocycles. The summed E-state index contributed by atoms with van der Waals surface area (Å²) < 4.78 is 30.0. The van der Waals surface area contributed by atoms with Crippen molar-refractivity contribution in [3.05, 3.63) is 96.1 Å². The first kappa shape index (κ1) is 23.4. The summed E-state index contributed by atoms with van der Waals surface area (Å²) in [6, 6.07) is 29.2. The lowest BCUT2D eigenvalue weighted by Gasteiger charge is -2.20. The Morgan fingerprint density at radius 1 is 0.371 bits per heavy atom. The Kier molecular flexibility index (Phi) is 7.91. The van der Waals surface area contributed by atoms with Crippen molar-refractivity contribution in [2.75, 3.05) is 52.9 Å². The average molecular weight is 471 g/mol. The van der Waals surface area contributed by atoms with Crippen LogP contribution in [0.1, 0.15) is 11.1 Å². The van der Waals surface area contributed by atoms with Gasteiger partial charge in [0.2, 0.25) is 0 Å². The molecule has 5 heteroatoms. The molecule has 1 aliphatic rings. The predicted molar refractivity (Wildman–Crippen MR) is 139 cm³/mol. The fourth-order valence-electron chi connectivity index (χ4n) is 4.33. The van der Waals surface area contributed by atoms with Crippen LogP contribution in [0.3, 0.4) is 0 Å². The normalized spacial score (nSPS) is 18.9. The summed E-state index contributed by atoms with van der Waals surface area (Å²) in [4.78, 5) is 0. The second kappa shape index (κ2) is 11.8. The van der Waals surface area contributed by atoms with E-state index in [9.17, 15) is 0 Å². The summed E-state index contributed by atoms with van der Waals surface area (Å²) in [6.45, 7) is 3.81. The number of rotatable bonds is 2. The third-order valence-corrected chi connectivity index (χ3v) is 5.97. The lowest BCUT2D eigenvalue weighted by atomic mass is 9.98. The van der Waals surface area contributed by atoms with Gasteiger partial charge in [0, 0.05) is 11.1 Å². The molecule has 0 bridgehead atoms. The SMILES string of the molecule is c1ccc2c(/C3=C(\c4cccc5ccccc45)OCCOCCOCCOCCO3)cccc2c1. The lowest BCUT2D eigenvalue weighted by molar-refractivity contribution is 0.00432. The Balaban J connectivity index is 1.66. The number of ether oxygens (including phenoxy) is 5. The Morgan fingerprint density at radius 3 is 1.20 bits per heavy atom. The minimum absolute atomic E-state index is 0.396. The van der Waals surface area contributed by atoms with Gasteiger partial charge in [0.1, 0.15) is 13.2 Å². The van der Waals surface area contributed by atoms with Crippen LogP contribution in [0.15, 0.2) is 84.9 Å². The molecule has 4 aromatic rings. The van der Waals surface area contributed by atoms with E-state index < -0.39 is 0 Å². The molecule has 0 amide bonds. The van der Waals surface area contributed by atoms with Crippen molar-refractivity contribution in [2.45, 2.75) is 0 Å². The van der Waals surface area contributed by atoms with Crippen molar-refractivity contribution in [2.24, 2.45) is 0 Å². The van der Waals surface area contributed by atoms with Gasteiger partial charge >= 0.3 is 0 Å². The zero-order valence-corrected chi connectivity index (χ0v) is 19.8. The molecule has 0 spiro atoms. The van der Waals surface area contributed by atoms with E-state index in [1.807, 2.05) is 24.3 Å². The molecule has 0 aromatic heterocycles. The molecular weight excluding hydrogens is 440 g/mol. The van der Waals surface area contributed by atoms with Gasteiger partial charge in [-0.25, -0.2) is 0 Å². The van der Waals surface area contributed by atoms with Crippen molar-refractivity contribution < 1.29 is 23.7 Å². The molecule has 180 valence electrons. The number of hydrogen-bond donors (Lipinski definition) is 0. The summed E-state index contributed by atoms with van der Waals surface area (Å²) in [5.74, 6) is 1.40. The van der Waals surface area contributed by atoms with E-state index in [1.165, 1.54) is 0 Å². The molecule has 0 N–H and O–H groups in total. The molecule has 0 atom stereocenters. The Morgan fingerprint density at radius 2 is 0.743 bits per heavy atom. The summed E-state index contributed by atoms with van der Waals surface area (Å²) in [6.07, 6.45) is 0. The third-order valence-electron chi connectivity index (χ3n) is 5.97. The molecule has 0 radical (unpaired) electrons. The van der Waals surface area contributed by atoms with Crippen molar-refractivity contribution >= 4 is 33.1 Å². The smallest absolute Gasteiger partial charge is 0.169 e. The van der Waals surface area contributed by atoms with Crippen LogP contribution in [0, 0.1) is 0 Å². The highest BCUT2D eigenvalue weighted by Gasteiger charge is 2.20. The largest absolute Gasteiger partial charge is 0.487 e. The molecule has 5 rings (SSSR count). The molecule has 0 saturated carbocycles. The lowest BCUT2D eigenvalue weighted by Crippen LogP contribution is -2.12. The molecular formula is C30H30O5. The molecule has 5 nitrogen and oxygen atoms in total. The van der Waals surface area contributed by atoms with E-state index in [-0.39, 0.29) is 0 Å². The van der Waals surface area contributed by atoms with E-state index in [2.05, 4.69) is 60.7 Å². The summed E-state index contributed by atoms with van der Waals surface area (Å²) in [5.41, 5.74) is 1.97. The average Bonchev–Trinajstić information content (AvgIpc) is 2.92. The monoisotopic (exact) mass is 470 g/mol. The molecule has 4 aromatic carbocycles. The Bertz CT molecular complexity index is 1190. The van der Waals surface area contributed by atoms with E-state index in [4.69, 9.17) is 23.7 Å². The predicted octanol–water partition coefficient (Wildman–Crippen LogP) is 5.92. The maximum Gasteiger partial charge on any atom is 0.169 e. The highest BCUT2D eigenvalue weighted by molar-refractivity contribution is 6.02. The van der Waals surface area contributed by atoms with Crippen molar-refractivity contribution in [3.63, 3.8) is 0 Å². The van der Waals surface area contributed by atoms with E-state index in [1.54, 1.807) is 0 Å². The van der Waals surface area contributed by atoms with E-state index >= 15 is 0 Å². The quantitative estimate of drug-likeness (QED) is 0.364. The molecule has 0 fully saturated rings. The first-order valence-corrected chi connectivity index (χ1v) is 12.1. The van der Waals surface area contributed by atoms with E-state index in [0.717, 1.165) is 32.7 Å². The summed E-state index contributed by atoms with van der Waals surface area (Å²) in [7, 11) is 0. The van der Waals surface area contributed by atoms with Gasteiger partial charge < -0.3 is 23.7 Å². The van der Waals surface area contributed by atoms with Gasteiger partial charge in [-0.2, -0.15) is 0 Å². The third kappa shape index (κ3) is 5.65. The van der Waals surface area contributed by atoms with Crippen LogP contribution < -0.4 is 0 Å². The maximum absolute atomic E-state index is 6.48. The van der Waals surface area contributed by atoms with Gasteiger partial charge in [-0.15, -0.1) is 0 Å². The fourth-order valence-corrected chi connectivity index (χ4v) is 4.33. The maximum atomic E-state index is 6.48. The standard InChI is InChI=1S/C30H30O5/c1-3-11-25-23(7-1)9-5-13-27(25)29-30(28-14-6-10-24-8-2-4-12-26(24)28)35-22-20-33-18-16-31-15-17-32-19-21-34-29/h1-14H,15-22H2/b30-29-. The van der Waals surface area contributed by atoms with Gasteiger partial charge in [-0.3, -0.25) is 0 Å². The topological polar surface area (TPSA) is 46.2 Å². The van der Waals surface area contributed by atoms with Crippen LogP contribution in [0.5, 0.6) is 0 Å². The van der Waals surface area contributed by atoms with Crippen LogP contribution in [0.2, 0.25) is 0 Å². The summed E-state index contributed by atoms with van der Waals surface area (Å²) >= 11 is 0. The number of fused-ring (bicyclic) bond motifs is 2. The van der Waals surface area contributed by atoms with Gasteiger partial charge in [0.25, 0.3) is 0 Å². The zero-order chi connectivity index (χ0) is 23.7. The molecule has 1 aliphatic heterocycles. The van der Waals surface area contributed by atoms with Crippen LogP contribution in [-0.4, -0.2) is 52.9 Å². The Labute approximate surface area is 205 Å². The second-order valence-corrected chi connectivity index (χ2v) is 8.25. The molecule has 0 saturated heterocycles. The Hall–Kier alpha value is -3.38. The number of benzene rings is 4. The minimum atomic E-state index is 0.396. The molecule has 1 heterocycles. The zero-order valence-electron chi connectivity index (χ0n) is 19.8. The first-order chi connectivity index (χ1) is 17.4. The number of hydrogen-bond acceptors (Lipinski definition) is 5. The van der Waals surface area contributed by atoms with Crippen molar-refractivity contribution in [1.82, 2.24) is 0 Å². The van der Waals surface area contributed by atoms with Gasteiger partial charge in [-0.1, -0.05) is 84.9 Å². The highest BCUT2D eigenvalue weighted by Crippen LogP contribution is 2.35. The van der Waals surface area contributed by atoms with Crippen LogP contribution in [0.25, 0.3) is 33.1 Å². The second-order valence-electron chi connectivity index (χ2n) is 8.25. The van der Waals surface area contributed by atoms with Crippen LogP contribution in [-0.2, 0) is 23.7 Å². The fraction of sp³-hybridized carbons (Fsp3) is 0.267. The molecule has 35 heavy (non-hydrogen) atoms. The van der Waals surface area contributed by atoms with Crippen LogP contribution in [0.4, 0.5) is 0 Å². The first-order valence-electron chi connectivity index (χ1n) is 12.1. The van der Waals surface area contributed by atoms with Crippen LogP contribution >= 0.6 is 0 Å². The highest BCUT2D eigenvalue weighted by atomic mass is 16.6.